The van der Waals surface area contributed by atoms with Crippen molar-refractivity contribution in [3.8, 4) is 11.5 Å². The minimum Gasteiger partial charge on any atom is -0.388 e. The lowest BCUT2D eigenvalue weighted by molar-refractivity contribution is -0.137. The van der Waals surface area contributed by atoms with E-state index in [1.165, 1.54) is 19.2 Å². The zero-order valence-corrected chi connectivity index (χ0v) is 8.65. The molecule has 2 aromatic rings. The molecule has 0 N–H and O–H groups in total. The Labute approximate surface area is 93.3 Å². The van der Waals surface area contributed by atoms with Crippen molar-refractivity contribution in [2.75, 3.05) is 0 Å². The topological polar surface area (TPSA) is 48.0 Å². The number of hydrogen-bond donors (Lipinski definition) is 0. The Hall–Kier alpha value is -2.05. The second-order valence-corrected chi connectivity index (χ2v) is 3.38. The van der Waals surface area contributed by atoms with Gasteiger partial charge in [0.05, 0.1) is 5.56 Å². The van der Waals surface area contributed by atoms with E-state index in [1.807, 2.05) is 0 Å². The molecule has 0 aliphatic rings. The number of hydrogen-bond acceptors (Lipinski definition) is 3. The molecule has 1 aromatic carbocycles. The van der Waals surface area contributed by atoms with Crippen molar-refractivity contribution in [2.45, 2.75) is 6.18 Å². The highest BCUT2D eigenvalue weighted by atomic mass is 19.4. The van der Waals surface area contributed by atoms with Crippen molar-refractivity contribution in [1.82, 2.24) is 9.78 Å². The van der Waals surface area contributed by atoms with E-state index in [2.05, 4.69) is 5.10 Å². The van der Waals surface area contributed by atoms with E-state index >= 15 is 0 Å². The molecule has 90 valence electrons. The standard InChI is InChI=1S/C10H7F3N2O2/c1-15-9(16)17-8(14-15)6-3-2-4-7(5-6)10(11,12)13/h2-5H,1H3. The van der Waals surface area contributed by atoms with Crippen LogP contribution in [0.5, 0.6) is 0 Å². The van der Waals surface area contributed by atoms with E-state index in [0.717, 1.165) is 16.8 Å². The fourth-order valence-electron chi connectivity index (χ4n) is 1.29. The molecule has 1 aromatic heterocycles. The monoisotopic (exact) mass is 244 g/mol. The second-order valence-electron chi connectivity index (χ2n) is 3.38. The summed E-state index contributed by atoms with van der Waals surface area (Å²) in [7, 11) is 1.35. The molecule has 0 unspecified atom stereocenters. The average molecular weight is 244 g/mol. The lowest BCUT2D eigenvalue weighted by Gasteiger charge is -2.06. The van der Waals surface area contributed by atoms with E-state index < -0.39 is 17.5 Å². The van der Waals surface area contributed by atoms with Gasteiger partial charge in [-0.15, -0.1) is 5.10 Å². The number of nitrogens with zero attached hydrogens (tertiary/aromatic N) is 2. The van der Waals surface area contributed by atoms with E-state index in [0.29, 0.717) is 0 Å². The first-order valence-electron chi connectivity index (χ1n) is 4.60. The van der Waals surface area contributed by atoms with Crippen LogP contribution in [0.25, 0.3) is 11.5 Å². The number of benzene rings is 1. The molecular formula is C10H7F3N2O2. The van der Waals surface area contributed by atoms with Crippen molar-refractivity contribution in [1.29, 1.82) is 0 Å². The molecule has 2 rings (SSSR count). The van der Waals surface area contributed by atoms with Gasteiger partial charge < -0.3 is 4.42 Å². The van der Waals surface area contributed by atoms with Crippen molar-refractivity contribution >= 4 is 0 Å². The summed E-state index contributed by atoms with van der Waals surface area (Å²) in [5.74, 6) is -0.860. The smallest absolute Gasteiger partial charge is 0.388 e. The van der Waals surface area contributed by atoms with Crippen molar-refractivity contribution in [3.05, 3.63) is 40.4 Å². The van der Waals surface area contributed by atoms with Gasteiger partial charge in [-0.2, -0.15) is 17.9 Å². The van der Waals surface area contributed by atoms with Crippen LogP contribution in [0.4, 0.5) is 13.2 Å². The van der Waals surface area contributed by atoms with Crippen LogP contribution in [0.2, 0.25) is 0 Å². The third-order valence-electron chi connectivity index (χ3n) is 2.13. The fraction of sp³-hybridized carbons (Fsp3) is 0.200. The summed E-state index contributed by atoms with van der Waals surface area (Å²) in [4.78, 5) is 11.0. The summed E-state index contributed by atoms with van der Waals surface area (Å²) in [5, 5.41) is 3.67. The largest absolute Gasteiger partial charge is 0.437 e. The predicted molar refractivity (Wildman–Crippen MR) is 52.2 cm³/mol. The van der Waals surface area contributed by atoms with Crippen LogP contribution in [-0.2, 0) is 13.2 Å². The van der Waals surface area contributed by atoms with Crippen LogP contribution in [-0.4, -0.2) is 9.78 Å². The molecule has 17 heavy (non-hydrogen) atoms. The maximum Gasteiger partial charge on any atom is 0.437 e. The summed E-state index contributed by atoms with van der Waals surface area (Å²) in [5.41, 5.74) is -0.708. The average Bonchev–Trinajstić information content (AvgIpc) is 2.58. The van der Waals surface area contributed by atoms with Crippen LogP contribution in [0, 0.1) is 0 Å². The van der Waals surface area contributed by atoms with Gasteiger partial charge >= 0.3 is 11.9 Å². The number of rotatable bonds is 1. The van der Waals surface area contributed by atoms with E-state index in [1.54, 1.807) is 0 Å². The molecule has 1 heterocycles. The number of aryl methyl sites for hydroxylation is 1. The van der Waals surface area contributed by atoms with Crippen LogP contribution >= 0.6 is 0 Å². The Morgan fingerprint density at radius 3 is 2.59 bits per heavy atom. The molecule has 0 bridgehead atoms. The molecule has 0 aliphatic carbocycles. The minimum atomic E-state index is -4.44. The Balaban J connectivity index is 2.50. The zero-order chi connectivity index (χ0) is 12.6. The third kappa shape index (κ3) is 2.22. The predicted octanol–water partition coefficient (Wildman–Crippen LogP) is 2.06. The molecule has 0 radical (unpaired) electrons. The number of halogens is 3. The zero-order valence-electron chi connectivity index (χ0n) is 8.65. The molecule has 4 nitrogen and oxygen atoms in total. The van der Waals surface area contributed by atoms with Gasteiger partial charge in [0.25, 0.3) is 0 Å². The number of alkyl halides is 3. The molecule has 0 amide bonds. The summed E-state index contributed by atoms with van der Waals surface area (Å²) < 4.78 is 43.0. The summed E-state index contributed by atoms with van der Waals surface area (Å²) in [6, 6.07) is 4.43. The van der Waals surface area contributed by atoms with E-state index in [-0.39, 0.29) is 11.5 Å². The highest BCUT2D eigenvalue weighted by molar-refractivity contribution is 5.54. The Kier molecular flexibility index (Phi) is 2.53. The van der Waals surface area contributed by atoms with Gasteiger partial charge in [0, 0.05) is 12.6 Å². The highest BCUT2D eigenvalue weighted by Crippen LogP contribution is 2.31. The molecule has 0 fully saturated rings. The van der Waals surface area contributed by atoms with Crippen LogP contribution < -0.4 is 5.76 Å². The molecule has 0 spiro atoms. The van der Waals surface area contributed by atoms with Gasteiger partial charge in [0.15, 0.2) is 0 Å². The number of aromatic nitrogens is 2. The van der Waals surface area contributed by atoms with E-state index in [9.17, 15) is 18.0 Å². The van der Waals surface area contributed by atoms with Crippen LogP contribution in [0.15, 0.2) is 33.5 Å². The highest BCUT2D eigenvalue weighted by Gasteiger charge is 2.30. The maximum absolute atomic E-state index is 12.5. The van der Waals surface area contributed by atoms with Gasteiger partial charge in [-0.1, -0.05) is 6.07 Å². The molecule has 0 atom stereocenters. The Morgan fingerprint density at radius 1 is 1.35 bits per heavy atom. The van der Waals surface area contributed by atoms with Crippen LogP contribution in [0.1, 0.15) is 5.56 Å². The molecule has 0 saturated heterocycles. The van der Waals surface area contributed by atoms with Gasteiger partial charge in [-0.25, -0.2) is 4.79 Å². The van der Waals surface area contributed by atoms with E-state index in [4.69, 9.17) is 4.42 Å². The summed E-state index contributed by atoms with van der Waals surface area (Å²) >= 11 is 0. The third-order valence-corrected chi connectivity index (χ3v) is 2.13. The summed E-state index contributed by atoms with van der Waals surface area (Å²) in [6.45, 7) is 0. The molecule has 0 aliphatic heterocycles. The first kappa shape index (κ1) is 11.4. The Bertz CT molecular complexity index is 598. The van der Waals surface area contributed by atoms with Crippen molar-refractivity contribution < 1.29 is 17.6 Å². The maximum atomic E-state index is 12.5. The normalized spacial score (nSPS) is 11.8. The summed E-state index contributed by atoms with van der Waals surface area (Å²) in [6.07, 6.45) is -4.44. The first-order valence-corrected chi connectivity index (χ1v) is 4.60. The Morgan fingerprint density at radius 2 is 2.06 bits per heavy atom. The quantitative estimate of drug-likeness (QED) is 0.771. The molecule has 7 heteroatoms. The fourth-order valence-corrected chi connectivity index (χ4v) is 1.29. The minimum absolute atomic E-state index is 0.109. The van der Waals surface area contributed by atoms with Gasteiger partial charge in [0.1, 0.15) is 0 Å². The van der Waals surface area contributed by atoms with Crippen molar-refractivity contribution in [3.63, 3.8) is 0 Å². The van der Waals surface area contributed by atoms with Crippen LogP contribution in [0.3, 0.4) is 0 Å². The molecule has 0 saturated carbocycles. The van der Waals surface area contributed by atoms with Gasteiger partial charge in [-0.3, -0.25) is 0 Å². The molecular weight excluding hydrogens is 237 g/mol. The lowest BCUT2D eigenvalue weighted by Crippen LogP contribution is -2.09. The first-order chi connectivity index (χ1) is 7.88. The second kappa shape index (κ2) is 3.76. The SMILES string of the molecule is Cn1nc(-c2cccc(C(F)(F)F)c2)oc1=O. The van der Waals surface area contributed by atoms with Gasteiger partial charge in [0.2, 0.25) is 5.89 Å². The van der Waals surface area contributed by atoms with Crippen molar-refractivity contribution in [2.24, 2.45) is 7.05 Å². The lowest BCUT2D eigenvalue weighted by atomic mass is 10.1. The van der Waals surface area contributed by atoms with Gasteiger partial charge in [-0.05, 0) is 18.2 Å².